The summed E-state index contributed by atoms with van der Waals surface area (Å²) < 4.78 is 31.2. The Morgan fingerprint density at radius 2 is 2.11 bits per heavy atom. The van der Waals surface area contributed by atoms with Gasteiger partial charge >= 0.3 is 0 Å². The summed E-state index contributed by atoms with van der Waals surface area (Å²) in [5.74, 6) is -0.667. The lowest BCUT2D eigenvalue weighted by atomic mass is 10.2. The maximum absolute atomic E-state index is 11.9. The summed E-state index contributed by atoms with van der Waals surface area (Å²) in [4.78, 5) is 10.9. The molecule has 0 aromatic heterocycles. The van der Waals surface area contributed by atoms with Gasteiger partial charge in [0.15, 0.2) is 0 Å². The molecule has 8 heteroatoms. The van der Waals surface area contributed by atoms with Gasteiger partial charge in [-0.1, -0.05) is 0 Å². The molecule has 1 aromatic carbocycles. The Morgan fingerprint density at radius 1 is 1.42 bits per heavy atom. The lowest BCUT2D eigenvalue weighted by Crippen LogP contribution is -2.28. The molecule has 0 aliphatic rings. The molecule has 0 saturated heterocycles. The third-order valence-electron chi connectivity index (χ3n) is 2.33. The second kappa shape index (κ2) is 6.50. The molecule has 19 heavy (non-hydrogen) atoms. The second-order valence-corrected chi connectivity index (χ2v) is 5.45. The van der Waals surface area contributed by atoms with Crippen molar-refractivity contribution in [2.45, 2.75) is 11.8 Å². The Labute approximate surface area is 112 Å². The third kappa shape index (κ3) is 4.19. The van der Waals surface area contributed by atoms with Crippen LogP contribution in [-0.4, -0.2) is 34.1 Å². The number of anilines is 1. The Balaban J connectivity index is 2.87. The molecule has 0 atom stereocenters. The molecule has 7 nitrogen and oxygen atoms in total. The monoisotopic (exact) mass is 287 g/mol. The maximum atomic E-state index is 11.9. The van der Waals surface area contributed by atoms with Crippen molar-refractivity contribution in [3.63, 3.8) is 0 Å². The number of benzene rings is 1. The summed E-state index contributed by atoms with van der Waals surface area (Å²) >= 11 is 0. The van der Waals surface area contributed by atoms with Crippen LogP contribution in [0.3, 0.4) is 0 Å². The van der Waals surface area contributed by atoms with Gasteiger partial charge in [-0.05, 0) is 25.1 Å². The number of primary amides is 1. The molecule has 0 unspecified atom stereocenters. The van der Waals surface area contributed by atoms with Crippen LogP contribution in [0, 0.1) is 0 Å². The van der Waals surface area contributed by atoms with Crippen molar-refractivity contribution < 1.29 is 17.9 Å². The molecular formula is C11H17N3O4S. The van der Waals surface area contributed by atoms with Crippen molar-refractivity contribution in [3.8, 4) is 0 Å². The molecule has 0 heterocycles. The molecule has 0 radical (unpaired) electrons. The number of nitrogens with two attached hydrogens (primary N) is 2. The lowest BCUT2D eigenvalue weighted by molar-refractivity contribution is 0.1000. The predicted molar refractivity (Wildman–Crippen MR) is 71.1 cm³/mol. The highest BCUT2D eigenvalue weighted by Gasteiger charge is 2.17. The molecule has 0 spiro atoms. The highest BCUT2D eigenvalue weighted by atomic mass is 32.2. The van der Waals surface area contributed by atoms with Crippen molar-refractivity contribution in [2.24, 2.45) is 5.73 Å². The van der Waals surface area contributed by atoms with Gasteiger partial charge in [0, 0.05) is 18.7 Å². The van der Waals surface area contributed by atoms with Crippen molar-refractivity contribution >= 4 is 21.6 Å². The molecule has 0 saturated carbocycles. The van der Waals surface area contributed by atoms with E-state index in [1.165, 1.54) is 18.2 Å². The second-order valence-electron chi connectivity index (χ2n) is 3.71. The molecule has 1 amide bonds. The van der Waals surface area contributed by atoms with Gasteiger partial charge in [0.2, 0.25) is 15.9 Å². The van der Waals surface area contributed by atoms with E-state index in [1.54, 1.807) is 0 Å². The number of carbonyl (C=O) groups excluding carboxylic acids is 1. The van der Waals surface area contributed by atoms with E-state index in [0.717, 1.165) is 0 Å². The van der Waals surface area contributed by atoms with Crippen LogP contribution in [0.25, 0.3) is 0 Å². The van der Waals surface area contributed by atoms with E-state index < -0.39 is 15.9 Å². The fourth-order valence-corrected chi connectivity index (χ4v) is 2.54. The first-order chi connectivity index (χ1) is 8.88. The average Bonchev–Trinajstić information content (AvgIpc) is 2.34. The summed E-state index contributed by atoms with van der Waals surface area (Å²) in [5.41, 5.74) is 10.8. The number of nitrogens with one attached hydrogen (secondary N) is 1. The number of hydrogen-bond acceptors (Lipinski definition) is 5. The van der Waals surface area contributed by atoms with Gasteiger partial charge < -0.3 is 16.2 Å². The van der Waals surface area contributed by atoms with Crippen molar-refractivity contribution in [1.82, 2.24) is 4.72 Å². The Morgan fingerprint density at radius 3 is 2.63 bits per heavy atom. The molecule has 5 N–H and O–H groups in total. The van der Waals surface area contributed by atoms with Crippen LogP contribution in [0.2, 0.25) is 0 Å². The van der Waals surface area contributed by atoms with Crippen molar-refractivity contribution in [3.05, 3.63) is 23.8 Å². The van der Waals surface area contributed by atoms with Gasteiger partial charge in [0.1, 0.15) is 4.90 Å². The van der Waals surface area contributed by atoms with Crippen LogP contribution in [0.4, 0.5) is 5.69 Å². The van der Waals surface area contributed by atoms with Crippen LogP contribution < -0.4 is 16.2 Å². The summed E-state index contributed by atoms with van der Waals surface area (Å²) in [6.07, 6.45) is 0. The third-order valence-corrected chi connectivity index (χ3v) is 3.86. The lowest BCUT2D eigenvalue weighted by Gasteiger charge is -2.09. The van der Waals surface area contributed by atoms with Crippen LogP contribution >= 0.6 is 0 Å². The van der Waals surface area contributed by atoms with E-state index in [0.29, 0.717) is 6.61 Å². The van der Waals surface area contributed by atoms with Gasteiger partial charge in [-0.2, -0.15) is 0 Å². The van der Waals surface area contributed by atoms with Crippen LogP contribution in [0.15, 0.2) is 23.1 Å². The average molecular weight is 287 g/mol. The van der Waals surface area contributed by atoms with E-state index in [9.17, 15) is 13.2 Å². The fourth-order valence-electron chi connectivity index (χ4n) is 1.42. The minimum absolute atomic E-state index is 0.0276. The van der Waals surface area contributed by atoms with Crippen molar-refractivity contribution in [2.75, 3.05) is 25.5 Å². The standard InChI is InChI=1S/C11H17N3O4S/c1-2-18-6-5-14-19(16,17)10-4-3-8(11(13)15)7-9(10)12/h3-4,7,14H,2,5-6,12H2,1H3,(H2,13,15). The van der Waals surface area contributed by atoms with Crippen LogP contribution in [0.5, 0.6) is 0 Å². The van der Waals surface area contributed by atoms with Gasteiger partial charge in [-0.15, -0.1) is 0 Å². The minimum atomic E-state index is -3.72. The number of ether oxygens (including phenoxy) is 1. The number of hydrogen-bond donors (Lipinski definition) is 3. The van der Waals surface area contributed by atoms with E-state index >= 15 is 0 Å². The Kier molecular flexibility index (Phi) is 5.28. The summed E-state index contributed by atoms with van der Waals surface area (Å²) in [5, 5.41) is 0. The highest BCUT2D eigenvalue weighted by Crippen LogP contribution is 2.19. The summed E-state index contributed by atoms with van der Waals surface area (Å²) in [6.45, 7) is 2.74. The minimum Gasteiger partial charge on any atom is -0.398 e. The maximum Gasteiger partial charge on any atom is 0.248 e. The van der Waals surface area contributed by atoms with Gasteiger partial charge in [-0.25, -0.2) is 13.1 Å². The number of carbonyl (C=O) groups is 1. The molecule has 106 valence electrons. The molecular weight excluding hydrogens is 270 g/mol. The Hall–Kier alpha value is -1.64. The highest BCUT2D eigenvalue weighted by molar-refractivity contribution is 7.89. The molecule has 1 rings (SSSR count). The number of nitrogen functional groups attached to an aromatic ring is 1. The van der Waals surface area contributed by atoms with Gasteiger partial charge in [-0.3, -0.25) is 4.79 Å². The first-order valence-electron chi connectivity index (χ1n) is 5.65. The van der Waals surface area contributed by atoms with E-state index in [2.05, 4.69) is 4.72 Å². The fraction of sp³-hybridized carbons (Fsp3) is 0.364. The molecule has 1 aromatic rings. The predicted octanol–water partition coefficient (Wildman–Crippen LogP) is -0.317. The topological polar surface area (TPSA) is 125 Å². The zero-order valence-electron chi connectivity index (χ0n) is 10.5. The first kappa shape index (κ1) is 15.4. The smallest absolute Gasteiger partial charge is 0.248 e. The molecule has 0 aliphatic carbocycles. The SMILES string of the molecule is CCOCCNS(=O)(=O)c1ccc(C(N)=O)cc1N. The summed E-state index contributed by atoms with van der Waals surface area (Å²) in [7, 11) is -3.72. The summed E-state index contributed by atoms with van der Waals surface area (Å²) in [6, 6.07) is 3.80. The van der Waals surface area contributed by atoms with Gasteiger partial charge in [0.25, 0.3) is 0 Å². The van der Waals surface area contributed by atoms with Crippen LogP contribution in [-0.2, 0) is 14.8 Å². The first-order valence-corrected chi connectivity index (χ1v) is 7.13. The van der Waals surface area contributed by atoms with E-state index in [1.807, 2.05) is 6.92 Å². The zero-order chi connectivity index (χ0) is 14.5. The number of rotatable bonds is 7. The Bertz CT molecular complexity index is 557. The quantitative estimate of drug-likeness (QED) is 0.468. The van der Waals surface area contributed by atoms with Crippen molar-refractivity contribution in [1.29, 1.82) is 0 Å². The number of sulfonamides is 1. The normalized spacial score (nSPS) is 11.4. The molecule has 0 fully saturated rings. The van der Waals surface area contributed by atoms with E-state index in [-0.39, 0.29) is 29.3 Å². The van der Waals surface area contributed by atoms with Gasteiger partial charge in [0.05, 0.1) is 12.3 Å². The molecule has 0 bridgehead atoms. The zero-order valence-corrected chi connectivity index (χ0v) is 11.4. The largest absolute Gasteiger partial charge is 0.398 e. The molecule has 0 aliphatic heterocycles. The van der Waals surface area contributed by atoms with Crippen LogP contribution in [0.1, 0.15) is 17.3 Å². The number of amides is 1. The van der Waals surface area contributed by atoms with E-state index in [4.69, 9.17) is 16.2 Å².